The van der Waals surface area contributed by atoms with E-state index in [0.717, 1.165) is 11.3 Å². The Balaban J connectivity index is 2.11. The van der Waals surface area contributed by atoms with Crippen LogP contribution in [0, 0.1) is 18.3 Å². The Kier molecular flexibility index (Phi) is 3.43. The summed E-state index contributed by atoms with van der Waals surface area (Å²) in [4.78, 5) is 14.8. The molecule has 22 heavy (non-hydrogen) atoms. The lowest BCUT2D eigenvalue weighted by Crippen LogP contribution is -2.13. The average Bonchev–Trinajstić information content (AvgIpc) is 2.88. The van der Waals surface area contributed by atoms with Gasteiger partial charge >= 0.3 is 0 Å². The number of anilines is 2. The minimum atomic E-state index is 0.391. The highest BCUT2D eigenvalue weighted by atomic mass is 35.5. The first-order valence-corrected chi connectivity index (χ1v) is 6.97. The van der Waals surface area contributed by atoms with Crippen LogP contribution in [0.1, 0.15) is 11.3 Å². The average molecular weight is 313 g/mol. The molecule has 6 nitrogen and oxygen atoms in total. The molecule has 3 aromatic heterocycles. The van der Waals surface area contributed by atoms with Crippen molar-refractivity contribution in [2.45, 2.75) is 6.92 Å². The van der Waals surface area contributed by atoms with E-state index in [4.69, 9.17) is 16.9 Å². The number of aryl methyl sites for hydroxylation is 2. The standard InChI is InChI=1S/C15H13ClN6/c1-9-4-10(6-17)18-7-12(9)22(3)13-5-11(16)14-15(20-13)21(2)8-19-14/h4-5,7-8H,1-3H3. The summed E-state index contributed by atoms with van der Waals surface area (Å²) in [5.41, 5.74) is 3.59. The van der Waals surface area contributed by atoms with Gasteiger partial charge in [0.05, 0.1) is 23.2 Å². The lowest BCUT2D eigenvalue weighted by molar-refractivity contribution is 0.928. The highest BCUT2D eigenvalue weighted by Gasteiger charge is 2.14. The van der Waals surface area contributed by atoms with Crippen LogP contribution in [0.15, 0.2) is 24.7 Å². The van der Waals surface area contributed by atoms with Gasteiger partial charge in [0.2, 0.25) is 0 Å². The third kappa shape index (κ3) is 2.26. The van der Waals surface area contributed by atoms with Crippen molar-refractivity contribution in [3.05, 3.63) is 40.9 Å². The summed E-state index contributed by atoms with van der Waals surface area (Å²) in [6, 6.07) is 5.55. The molecule has 0 fully saturated rings. The second-order valence-corrected chi connectivity index (χ2v) is 5.42. The van der Waals surface area contributed by atoms with Crippen molar-refractivity contribution in [1.29, 1.82) is 5.26 Å². The summed E-state index contributed by atoms with van der Waals surface area (Å²) < 4.78 is 1.82. The van der Waals surface area contributed by atoms with E-state index in [2.05, 4.69) is 15.0 Å². The molecule has 3 aromatic rings. The number of pyridine rings is 2. The van der Waals surface area contributed by atoms with Gasteiger partial charge in [-0.15, -0.1) is 0 Å². The van der Waals surface area contributed by atoms with Crippen LogP contribution in [0.2, 0.25) is 5.02 Å². The summed E-state index contributed by atoms with van der Waals surface area (Å²) in [6.07, 6.45) is 3.35. The second kappa shape index (κ2) is 5.28. The summed E-state index contributed by atoms with van der Waals surface area (Å²) >= 11 is 6.29. The number of hydrogen-bond acceptors (Lipinski definition) is 5. The highest BCUT2D eigenvalue weighted by molar-refractivity contribution is 6.35. The van der Waals surface area contributed by atoms with Crippen molar-refractivity contribution in [2.75, 3.05) is 11.9 Å². The van der Waals surface area contributed by atoms with E-state index >= 15 is 0 Å². The predicted octanol–water partition coefficient (Wildman–Crippen LogP) is 2.96. The third-order valence-electron chi connectivity index (χ3n) is 3.51. The summed E-state index contributed by atoms with van der Waals surface area (Å²) in [5, 5.41) is 9.45. The smallest absolute Gasteiger partial charge is 0.163 e. The number of imidazole rings is 1. The van der Waals surface area contributed by atoms with Crippen molar-refractivity contribution in [1.82, 2.24) is 19.5 Å². The van der Waals surface area contributed by atoms with Gasteiger partial charge in [-0.25, -0.2) is 15.0 Å². The maximum absolute atomic E-state index is 8.90. The Hall–Kier alpha value is -2.65. The minimum Gasteiger partial charge on any atom is -0.328 e. The van der Waals surface area contributed by atoms with E-state index in [9.17, 15) is 0 Å². The van der Waals surface area contributed by atoms with E-state index in [1.165, 1.54) is 0 Å². The molecule has 0 aliphatic rings. The zero-order valence-electron chi connectivity index (χ0n) is 12.4. The Morgan fingerprint density at radius 1 is 1.32 bits per heavy atom. The third-order valence-corrected chi connectivity index (χ3v) is 3.80. The fraction of sp³-hybridized carbons (Fsp3) is 0.200. The molecule has 3 heterocycles. The van der Waals surface area contributed by atoms with E-state index in [1.807, 2.05) is 36.6 Å². The van der Waals surface area contributed by atoms with E-state index < -0.39 is 0 Å². The van der Waals surface area contributed by atoms with Crippen LogP contribution in [0.5, 0.6) is 0 Å². The molecule has 0 aliphatic heterocycles. The monoisotopic (exact) mass is 312 g/mol. The highest BCUT2D eigenvalue weighted by Crippen LogP contribution is 2.30. The van der Waals surface area contributed by atoms with Gasteiger partial charge in [0, 0.05) is 20.2 Å². The molecule has 0 aromatic carbocycles. The molecular formula is C15H13ClN6. The zero-order valence-corrected chi connectivity index (χ0v) is 13.1. The van der Waals surface area contributed by atoms with Crippen molar-refractivity contribution in [3.63, 3.8) is 0 Å². The fourth-order valence-electron chi connectivity index (χ4n) is 2.30. The SMILES string of the molecule is Cc1cc(C#N)ncc1N(C)c1cc(Cl)c2ncn(C)c2n1. The van der Waals surface area contributed by atoms with Crippen molar-refractivity contribution in [3.8, 4) is 6.07 Å². The maximum Gasteiger partial charge on any atom is 0.163 e. The Bertz CT molecular complexity index is 908. The number of nitriles is 1. The first kappa shape index (κ1) is 14.3. The van der Waals surface area contributed by atoms with Crippen LogP contribution in [0.3, 0.4) is 0 Å². The molecule has 0 unspecified atom stereocenters. The van der Waals surface area contributed by atoms with Gasteiger partial charge in [-0.1, -0.05) is 11.6 Å². The molecule has 0 bridgehead atoms. The van der Waals surface area contributed by atoms with Crippen LogP contribution >= 0.6 is 11.6 Å². The van der Waals surface area contributed by atoms with Crippen LogP contribution < -0.4 is 4.90 Å². The van der Waals surface area contributed by atoms with Gasteiger partial charge in [-0.05, 0) is 18.6 Å². The van der Waals surface area contributed by atoms with Gasteiger partial charge in [0.25, 0.3) is 0 Å². The maximum atomic E-state index is 8.90. The number of rotatable bonds is 2. The summed E-state index contributed by atoms with van der Waals surface area (Å²) in [5.74, 6) is 0.690. The molecule has 0 saturated heterocycles. The lowest BCUT2D eigenvalue weighted by Gasteiger charge is -2.20. The normalized spacial score (nSPS) is 10.7. The van der Waals surface area contributed by atoms with Crippen molar-refractivity contribution in [2.24, 2.45) is 7.05 Å². The molecule has 0 aliphatic carbocycles. The van der Waals surface area contributed by atoms with Crippen LogP contribution in [-0.2, 0) is 7.05 Å². The van der Waals surface area contributed by atoms with Gasteiger partial charge < -0.3 is 9.47 Å². The number of hydrogen-bond donors (Lipinski definition) is 0. The van der Waals surface area contributed by atoms with E-state index in [0.29, 0.717) is 27.7 Å². The fourth-order valence-corrected chi connectivity index (χ4v) is 2.53. The van der Waals surface area contributed by atoms with Gasteiger partial charge in [-0.2, -0.15) is 5.26 Å². The minimum absolute atomic E-state index is 0.391. The first-order valence-electron chi connectivity index (χ1n) is 6.59. The molecule has 110 valence electrons. The summed E-state index contributed by atoms with van der Waals surface area (Å²) in [6.45, 7) is 1.93. The lowest BCUT2D eigenvalue weighted by atomic mass is 10.2. The summed E-state index contributed by atoms with van der Waals surface area (Å²) in [7, 11) is 3.76. The molecule has 0 saturated carbocycles. The van der Waals surface area contributed by atoms with Gasteiger partial charge in [0.1, 0.15) is 23.1 Å². The predicted molar refractivity (Wildman–Crippen MR) is 85.3 cm³/mol. The Morgan fingerprint density at radius 3 is 2.77 bits per heavy atom. The van der Waals surface area contributed by atoms with Crippen molar-refractivity contribution >= 4 is 34.3 Å². The quantitative estimate of drug-likeness (QED) is 0.727. The number of fused-ring (bicyclic) bond motifs is 1. The Labute approximate surface area is 132 Å². The Morgan fingerprint density at radius 2 is 2.09 bits per heavy atom. The van der Waals surface area contributed by atoms with E-state index in [-0.39, 0.29) is 0 Å². The van der Waals surface area contributed by atoms with Crippen LogP contribution in [-0.4, -0.2) is 26.6 Å². The molecule has 0 spiro atoms. The molecule has 3 rings (SSSR count). The first-order chi connectivity index (χ1) is 10.5. The van der Waals surface area contributed by atoms with Gasteiger partial charge in [-0.3, -0.25) is 0 Å². The number of halogens is 1. The molecule has 0 radical (unpaired) electrons. The number of aromatic nitrogens is 4. The van der Waals surface area contributed by atoms with Crippen LogP contribution in [0.25, 0.3) is 11.2 Å². The second-order valence-electron chi connectivity index (χ2n) is 5.02. The van der Waals surface area contributed by atoms with Crippen LogP contribution in [0.4, 0.5) is 11.5 Å². The zero-order chi connectivity index (χ0) is 15.9. The topological polar surface area (TPSA) is 70.6 Å². The molecule has 7 heteroatoms. The van der Waals surface area contributed by atoms with Gasteiger partial charge in [0.15, 0.2) is 5.65 Å². The van der Waals surface area contributed by atoms with Crippen molar-refractivity contribution < 1.29 is 0 Å². The molecular weight excluding hydrogens is 300 g/mol. The molecule has 0 atom stereocenters. The van der Waals surface area contributed by atoms with E-state index in [1.54, 1.807) is 24.7 Å². The molecule has 0 amide bonds. The number of nitrogens with zero attached hydrogens (tertiary/aromatic N) is 6. The molecule has 0 N–H and O–H groups in total. The largest absolute Gasteiger partial charge is 0.328 e.